The summed E-state index contributed by atoms with van der Waals surface area (Å²) in [6.07, 6.45) is -1.49. The van der Waals surface area contributed by atoms with Crippen LogP contribution in [0.5, 0.6) is 5.75 Å². The van der Waals surface area contributed by atoms with Gasteiger partial charge in [0.05, 0.1) is 18.4 Å². The second kappa shape index (κ2) is 11.0. The van der Waals surface area contributed by atoms with Crippen LogP contribution in [0.4, 0.5) is 45.2 Å². The van der Waals surface area contributed by atoms with Crippen LogP contribution in [0.1, 0.15) is 11.1 Å². The highest BCUT2D eigenvalue weighted by Gasteiger charge is 2.31. The summed E-state index contributed by atoms with van der Waals surface area (Å²) in [5, 5.41) is 12.2. The average molecular weight is 566 g/mol. The Morgan fingerprint density at radius 3 is 2.39 bits per heavy atom. The van der Waals surface area contributed by atoms with Gasteiger partial charge in [-0.05, 0) is 65.7 Å². The number of benzene rings is 3. The third-order valence-electron chi connectivity index (χ3n) is 6.23. The van der Waals surface area contributed by atoms with Crippen LogP contribution in [0.3, 0.4) is 0 Å². The fourth-order valence-corrected chi connectivity index (χ4v) is 4.25. The number of urea groups is 1. The highest BCUT2D eigenvalue weighted by Crippen LogP contribution is 2.34. The fraction of sp³-hybridized carbons (Fsp3) is 0.107. The van der Waals surface area contributed by atoms with E-state index >= 15 is 0 Å². The number of amides is 2. The minimum atomic E-state index is -4.68. The first kappa shape index (κ1) is 27.2. The predicted octanol–water partition coefficient (Wildman–Crippen LogP) is 6.40. The molecule has 0 aliphatic carbocycles. The van der Waals surface area contributed by atoms with E-state index in [4.69, 9.17) is 10.5 Å². The number of nitrogens with zero attached hydrogens (tertiary/aromatic N) is 3. The van der Waals surface area contributed by atoms with Crippen LogP contribution in [0.25, 0.3) is 16.6 Å². The Balaban J connectivity index is 1.36. The van der Waals surface area contributed by atoms with E-state index in [-0.39, 0.29) is 5.82 Å². The number of carbonyl (C=O) groups is 1. The fourth-order valence-electron chi connectivity index (χ4n) is 4.25. The van der Waals surface area contributed by atoms with E-state index in [0.29, 0.717) is 35.9 Å². The lowest BCUT2D eigenvalue weighted by atomic mass is 10.0. The summed E-state index contributed by atoms with van der Waals surface area (Å²) < 4.78 is 59.8. The summed E-state index contributed by atoms with van der Waals surface area (Å²) in [7, 11) is 1.59. The van der Waals surface area contributed by atoms with Crippen LogP contribution in [-0.4, -0.2) is 27.7 Å². The number of aromatic nitrogens is 3. The monoisotopic (exact) mass is 565 g/mol. The average Bonchev–Trinajstić information content (AvgIpc) is 3.33. The Morgan fingerprint density at radius 1 is 1.00 bits per heavy atom. The first-order valence-corrected chi connectivity index (χ1v) is 12.2. The van der Waals surface area contributed by atoms with E-state index in [1.54, 1.807) is 35.9 Å². The normalized spacial score (nSPS) is 11.3. The highest BCUT2D eigenvalue weighted by molar-refractivity contribution is 6.00. The van der Waals surface area contributed by atoms with Gasteiger partial charge in [-0.1, -0.05) is 12.1 Å². The number of methoxy groups -OCH3 is 1. The Labute approximate surface area is 231 Å². The molecule has 210 valence electrons. The van der Waals surface area contributed by atoms with Crippen LogP contribution in [0.15, 0.2) is 79.3 Å². The third kappa shape index (κ3) is 5.98. The van der Waals surface area contributed by atoms with Gasteiger partial charge in [-0.3, -0.25) is 0 Å². The minimum absolute atomic E-state index is 0.274. The number of nitrogens with two attached hydrogens (primary N) is 1. The van der Waals surface area contributed by atoms with Gasteiger partial charge >= 0.3 is 12.2 Å². The van der Waals surface area contributed by atoms with Gasteiger partial charge < -0.3 is 26.4 Å². The molecule has 0 aliphatic rings. The van der Waals surface area contributed by atoms with Crippen LogP contribution in [0.2, 0.25) is 0 Å². The van der Waals surface area contributed by atoms with Crippen molar-refractivity contribution in [3.63, 3.8) is 0 Å². The van der Waals surface area contributed by atoms with Gasteiger partial charge in [0, 0.05) is 29.7 Å². The third-order valence-corrected chi connectivity index (χ3v) is 6.23. The van der Waals surface area contributed by atoms with Crippen molar-refractivity contribution in [3.05, 3.63) is 96.2 Å². The zero-order chi connectivity index (χ0) is 29.1. The molecule has 0 saturated heterocycles. The molecule has 5 rings (SSSR count). The maximum atomic E-state index is 14.0. The van der Waals surface area contributed by atoms with E-state index < -0.39 is 29.3 Å². The van der Waals surface area contributed by atoms with E-state index in [1.807, 2.05) is 30.5 Å². The smallest absolute Gasteiger partial charge is 0.416 e. The number of hydrogen-bond acceptors (Lipinski definition) is 6. The number of anilines is 4. The molecule has 9 nitrogen and oxygen atoms in total. The maximum absolute atomic E-state index is 14.0. The number of alkyl halides is 3. The topological polar surface area (TPSA) is 119 Å². The van der Waals surface area contributed by atoms with Gasteiger partial charge in [0.25, 0.3) is 0 Å². The molecule has 0 spiro atoms. The van der Waals surface area contributed by atoms with Crippen molar-refractivity contribution in [2.24, 2.45) is 0 Å². The van der Waals surface area contributed by atoms with Crippen molar-refractivity contribution >= 4 is 34.4 Å². The molecule has 2 aromatic heterocycles. The molecular formula is C28H23F4N7O2. The summed E-state index contributed by atoms with van der Waals surface area (Å²) in [6.45, 7) is 0.426. The molecule has 13 heteroatoms. The van der Waals surface area contributed by atoms with Crippen molar-refractivity contribution in [3.8, 4) is 16.9 Å². The Morgan fingerprint density at radius 2 is 1.71 bits per heavy atom. The van der Waals surface area contributed by atoms with Crippen LogP contribution < -0.4 is 26.4 Å². The molecule has 41 heavy (non-hydrogen) atoms. The molecule has 5 aromatic rings. The van der Waals surface area contributed by atoms with E-state index in [9.17, 15) is 22.4 Å². The van der Waals surface area contributed by atoms with Gasteiger partial charge in [0.2, 0.25) is 0 Å². The summed E-state index contributed by atoms with van der Waals surface area (Å²) in [4.78, 5) is 16.5. The Bertz CT molecular complexity index is 1700. The van der Waals surface area contributed by atoms with Gasteiger partial charge in [-0.25, -0.2) is 18.7 Å². The molecule has 2 amide bonds. The maximum Gasteiger partial charge on any atom is 0.416 e. The standard InChI is InChI=1S/C28H23F4N7O2/c1-41-21-9-7-19(8-10-21)34-13-17-14-39-25(26(33)35-15-36-39)24(17)16-2-5-20(6-3-16)37-27(40)38-23-12-18(28(30,31)32)4-11-22(23)29/h2-12,14-15,34H,13H2,1H3,(H2,33,35,36)(H2,37,38,40). The predicted molar refractivity (Wildman–Crippen MR) is 147 cm³/mol. The second-order valence-corrected chi connectivity index (χ2v) is 8.90. The Kier molecular flexibility index (Phi) is 7.34. The van der Waals surface area contributed by atoms with E-state index in [1.165, 1.54) is 6.33 Å². The van der Waals surface area contributed by atoms with Gasteiger partial charge in [0.15, 0.2) is 5.82 Å². The number of rotatable bonds is 7. The van der Waals surface area contributed by atoms with Crippen molar-refractivity contribution in [2.45, 2.75) is 12.7 Å². The zero-order valence-corrected chi connectivity index (χ0v) is 21.5. The molecule has 0 atom stereocenters. The van der Waals surface area contributed by atoms with Crippen molar-refractivity contribution in [1.29, 1.82) is 0 Å². The van der Waals surface area contributed by atoms with Crippen LogP contribution in [-0.2, 0) is 12.7 Å². The molecule has 5 N–H and O–H groups in total. The Hall–Kier alpha value is -5.33. The number of ether oxygens (including phenoxy) is 1. The lowest BCUT2D eigenvalue weighted by molar-refractivity contribution is -0.137. The molecule has 0 bridgehead atoms. The second-order valence-electron chi connectivity index (χ2n) is 8.90. The summed E-state index contributed by atoms with van der Waals surface area (Å²) in [5.74, 6) is 0.00583. The largest absolute Gasteiger partial charge is 0.497 e. The molecule has 0 radical (unpaired) electrons. The summed E-state index contributed by atoms with van der Waals surface area (Å²) in [6, 6.07) is 15.0. The molecule has 3 aromatic carbocycles. The molecule has 0 saturated carbocycles. The quantitative estimate of drug-likeness (QED) is 0.170. The van der Waals surface area contributed by atoms with Crippen molar-refractivity contribution in [2.75, 3.05) is 28.8 Å². The van der Waals surface area contributed by atoms with Gasteiger partial charge in [0.1, 0.15) is 23.4 Å². The van der Waals surface area contributed by atoms with Crippen molar-refractivity contribution < 1.29 is 27.1 Å². The highest BCUT2D eigenvalue weighted by atomic mass is 19.4. The lowest BCUT2D eigenvalue weighted by Gasteiger charge is -2.12. The molecule has 0 aliphatic heterocycles. The van der Waals surface area contributed by atoms with Crippen molar-refractivity contribution in [1.82, 2.24) is 14.6 Å². The molecule has 2 heterocycles. The number of fused-ring (bicyclic) bond motifs is 1. The van der Waals surface area contributed by atoms with Crippen LogP contribution >= 0.6 is 0 Å². The first-order chi connectivity index (χ1) is 19.6. The number of hydrogen-bond donors (Lipinski definition) is 4. The number of nitrogen functional groups attached to an aromatic ring is 1. The van der Waals surface area contributed by atoms with Crippen LogP contribution in [0, 0.1) is 5.82 Å². The number of halogens is 4. The first-order valence-electron chi connectivity index (χ1n) is 12.2. The number of nitrogens with one attached hydrogen (secondary N) is 3. The van der Waals surface area contributed by atoms with E-state index in [2.05, 4.69) is 26.0 Å². The minimum Gasteiger partial charge on any atom is -0.497 e. The van der Waals surface area contributed by atoms with Gasteiger partial charge in [-0.15, -0.1) is 0 Å². The summed E-state index contributed by atoms with van der Waals surface area (Å²) >= 11 is 0. The van der Waals surface area contributed by atoms with E-state index in [0.717, 1.165) is 28.1 Å². The zero-order valence-electron chi connectivity index (χ0n) is 21.5. The lowest BCUT2D eigenvalue weighted by Crippen LogP contribution is -2.20. The molecule has 0 unspecified atom stereocenters. The van der Waals surface area contributed by atoms with Gasteiger partial charge in [-0.2, -0.15) is 18.3 Å². The molecular weight excluding hydrogens is 542 g/mol. The summed E-state index contributed by atoms with van der Waals surface area (Å²) in [5.41, 5.74) is 8.68. The SMILES string of the molecule is COc1ccc(NCc2cn3ncnc(N)c3c2-c2ccc(NC(=O)Nc3cc(C(F)(F)F)ccc3F)cc2)cc1. The number of carbonyl (C=O) groups excluding carboxylic acids is 1. The molecule has 0 fully saturated rings.